The topological polar surface area (TPSA) is 26.3 Å². The number of esters is 1. The molecule has 17 heavy (non-hydrogen) atoms. The number of hydrogen-bond acceptors (Lipinski definition) is 2. The van der Waals surface area contributed by atoms with E-state index in [9.17, 15) is 4.79 Å². The Kier molecular flexibility index (Phi) is 4.50. The normalized spacial score (nSPS) is 10.4. The van der Waals surface area contributed by atoms with Crippen molar-refractivity contribution in [1.82, 2.24) is 0 Å². The van der Waals surface area contributed by atoms with Gasteiger partial charge in [-0.25, -0.2) is 4.79 Å². The summed E-state index contributed by atoms with van der Waals surface area (Å²) in [5, 5.41) is 0. The first-order chi connectivity index (χ1) is 7.94. The lowest BCUT2D eigenvalue weighted by atomic mass is 10.1. The van der Waals surface area contributed by atoms with E-state index in [-0.39, 0.29) is 5.97 Å². The molecule has 0 amide bonds. The summed E-state index contributed by atoms with van der Waals surface area (Å²) in [7, 11) is 0.0141. The van der Waals surface area contributed by atoms with Gasteiger partial charge in [0.05, 0.1) is 15.2 Å². The molecule has 0 fully saturated rings. The highest BCUT2D eigenvalue weighted by Gasteiger charge is 2.12. The summed E-state index contributed by atoms with van der Waals surface area (Å²) in [5.41, 5.74) is 6.46. The van der Waals surface area contributed by atoms with Crippen LogP contribution in [0.1, 0.15) is 5.56 Å². The second-order valence-corrected chi connectivity index (χ2v) is 9.91. The number of benzene rings is 1. The van der Waals surface area contributed by atoms with E-state index in [1.807, 2.05) is 36.0 Å². The summed E-state index contributed by atoms with van der Waals surface area (Å²) in [6.07, 6.45) is 0. The molecule has 0 aromatic heterocycles. The highest BCUT2D eigenvalue weighted by molar-refractivity contribution is 6.81. The van der Waals surface area contributed by atoms with Gasteiger partial charge in [-0.05, 0) is 5.56 Å². The fourth-order valence-electron chi connectivity index (χ4n) is 1.26. The molecule has 2 nitrogen and oxygen atoms in total. The van der Waals surface area contributed by atoms with Gasteiger partial charge in [-0.3, -0.25) is 0 Å². The molecule has 1 rings (SSSR count). The van der Waals surface area contributed by atoms with Crippen molar-refractivity contribution < 1.29 is 9.53 Å². The minimum atomic E-state index is -1.38. The van der Waals surface area contributed by atoms with Crippen LogP contribution in [0.2, 0.25) is 19.6 Å². The molecule has 0 saturated heterocycles. The molecule has 1 aromatic carbocycles. The van der Waals surface area contributed by atoms with Crippen molar-refractivity contribution in [3.8, 4) is 0 Å². The summed E-state index contributed by atoms with van der Waals surface area (Å²) < 4.78 is 4.79. The average molecular weight is 246 g/mol. The maximum Gasteiger partial charge on any atom is 0.346 e. The van der Waals surface area contributed by atoms with Gasteiger partial charge in [0.1, 0.15) is 5.57 Å². The molecule has 0 aliphatic heterocycles. The van der Waals surface area contributed by atoms with Crippen LogP contribution in [0, 0.1) is 0 Å². The van der Waals surface area contributed by atoms with Gasteiger partial charge < -0.3 is 4.74 Å². The maximum atomic E-state index is 11.7. The fourth-order valence-corrected chi connectivity index (χ4v) is 1.83. The van der Waals surface area contributed by atoms with Gasteiger partial charge in [0.2, 0.25) is 0 Å². The van der Waals surface area contributed by atoms with Crippen molar-refractivity contribution in [3.05, 3.63) is 47.3 Å². The Bertz CT molecular complexity index is 449. The Morgan fingerprint density at radius 2 is 1.82 bits per heavy atom. The molecular weight excluding hydrogens is 228 g/mol. The second-order valence-electron chi connectivity index (χ2n) is 4.89. The summed E-state index contributed by atoms with van der Waals surface area (Å²) in [4.78, 5) is 11.7. The van der Waals surface area contributed by atoms with E-state index in [0.717, 1.165) is 5.56 Å². The van der Waals surface area contributed by atoms with Crippen molar-refractivity contribution in [2.45, 2.75) is 19.6 Å². The minimum absolute atomic E-state index is 0.342. The van der Waals surface area contributed by atoms with Crippen LogP contribution in [0.5, 0.6) is 0 Å². The Labute approximate surface area is 104 Å². The standard InChI is InChI=1S/C14H18O2Si/c1-16-14(15)13(10-11-17(2,3)4)12-8-6-5-7-9-12/h5-9,11H,1-4H3. The molecule has 3 heteroatoms. The largest absolute Gasteiger partial charge is 0.465 e. The third-order valence-corrected chi connectivity index (χ3v) is 3.11. The first-order valence-electron chi connectivity index (χ1n) is 5.55. The second kappa shape index (κ2) is 5.67. The average Bonchev–Trinajstić information content (AvgIpc) is 2.29. The predicted octanol–water partition coefficient (Wildman–Crippen LogP) is 3.28. The van der Waals surface area contributed by atoms with Gasteiger partial charge in [-0.1, -0.05) is 55.7 Å². The Hall–Kier alpha value is -1.57. The fraction of sp³-hybridized carbons (Fsp3) is 0.286. The van der Waals surface area contributed by atoms with Gasteiger partial charge in [0.25, 0.3) is 0 Å². The van der Waals surface area contributed by atoms with Crippen molar-refractivity contribution in [2.24, 2.45) is 0 Å². The molecule has 0 radical (unpaired) electrons. The number of carbonyl (C=O) groups excluding carboxylic acids is 1. The van der Waals surface area contributed by atoms with E-state index in [1.54, 1.807) is 0 Å². The molecule has 0 unspecified atom stereocenters. The van der Waals surface area contributed by atoms with Crippen molar-refractivity contribution in [3.63, 3.8) is 0 Å². The van der Waals surface area contributed by atoms with E-state index < -0.39 is 8.07 Å². The molecule has 0 spiro atoms. The van der Waals surface area contributed by atoms with Crippen molar-refractivity contribution in [2.75, 3.05) is 7.11 Å². The predicted molar refractivity (Wildman–Crippen MR) is 73.3 cm³/mol. The molecule has 0 aliphatic carbocycles. The molecule has 90 valence electrons. The number of methoxy groups -OCH3 is 1. The third kappa shape index (κ3) is 4.43. The number of hydrogen-bond donors (Lipinski definition) is 0. The van der Waals surface area contributed by atoms with E-state index in [2.05, 4.69) is 25.4 Å². The molecule has 0 bridgehead atoms. The lowest BCUT2D eigenvalue weighted by Crippen LogP contribution is -2.15. The van der Waals surface area contributed by atoms with Gasteiger partial charge in [-0.2, -0.15) is 0 Å². The van der Waals surface area contributed by atoms with E-state index in [0.29, 0.717) is 5.57 Å². The van der Waals surface area contributed by atoms with Crippen LogP contribution >= 0.6 is 0 Å². The van der Waals surface area contributed by atoms with Gasteiger partial charge in [-0.15, -0.1) is 5.73 Å². The SMILES string of the molecule is COC(=O)C(=C=C[Si](C)(C)C)c1ccccc1. The van der Waals surface area contributed by atoms with E-state index in [4.69, 9.17) is 4.74 Å². The zero-order valence-corrected chi connectivity index (χ0v) is 11.8. The quantitative estimate of drug-likeness (QED) is 0.354. The number of carbonyl (C=O) groups is 1. The molecule has 0 N–H and O–H groups in total. The van der Waals surface area contributed by atoms with Crippen molar-refractivity contribution >= 4 is 19.6 Å². The molecule has 0 atom stereocenters. The maximum absolute atomic E-state index is 11.7. The molecule has 1 aromatic rings. The van der Waals surface area contributed by atoms with Crippen LogP contribution in [0.15, 0.2) is 41.8 Å². The Morgan fingerprint density at radius 1 is 1.24 bits per heavy atom. The van der Waals surface area contributed by atoms with Gasteiger partial charge in [0.15, 0.2) is 0 Å². The number of rotatable bonds is 3. The smallest absolute Gasteiger partial charge is 0.346 e. The molecule has 0 heterocycles. The van der Waals surface area contributed by atoms with E-state index in [1.165, 1.54) is 7.11 Å². The lowest BCUT2D eigenvalue weighted by molar-refractivity contribution is -0.133. The van der Waals surface area contributed by atoms with E-state index >= 15 is 0 Å². The first kappa shape index (κ1) is 13.5. The zero-order chi connectivity index (χ0) is 12.9. The summed E-state index contributed by atoms with van der Waals surface area (Å²) in [6, 6.07) is 9.48. The monoisotopic (exact) mass is 246 g/mol. The Balaban J connectivity index is 3.24. The van der Waals surface area contributed by atoms with Crippen LogP contribution in [0.25, 0.3) is 5.57 Å². The minimum Gasteiger partial charge on any atom is -0.465 e. The number of ether oxygens (including phenoxy) is 1. The molecule has 0 saturated carbocycles. The van der Waals surface area contributed by atoms with Crippen LogP contribution in [-0.2, 0) is 9.53 Å². The third-order valence-electron chi connectivity index (χ3n) is 2.10. The highest BCUT2D eigenvalue weighted by Crippen LogP contribution is 2.15. The molecule has 0 aliphatic rings. The summed E-state index contributed by atoms with van der Waals surface area (Å²) in [5.74, 6) is -0.342. The van der Waals surface area contributed by atoms with Gasteiger partial charge >= 0.3 is 5.97 Å². The lowest BCUT2D eigenvalue weighted by Gasteiger charge is -2.07. The summed E-state index contributed by atoms with van der Waals surface area (Å²) >= 11 is 0. The van der Waals surface area contributed by atoms with Crippen LogP contribution < -0.4 is 0 Å². The van der Waals surface area contributed by atoms with Crippen LogP contribution in [0.4, 0.5) is 0 Å². The summed E-state index contributed by atoms with van der Waals surface area (Å²) in [6.45, 7) is 6.58. The Morgan fingerprint density at radius 3 is 2.29 bits per heavy atom. The molecular formula is C14H18O2Si. The van der Waals surface area contributed by atoms with Crippen molar-refractivity contribution in [1.29, 1.82) is 0 Å². The highest BCUT2D eigenvalue weighted by atomic mass is 28.3. The zero-order valence-electron chi connectivity index (χ0n) is 10.8. The van der Waals surface area contributed by atoms with Crippen LogP contribution in [-0.4, -0.2) is 21.2 Å². The van der Waals surface area contributed by atoms with Crippen LogP contribution in [0.3, 0.4) is 0 Å². The van der Waals surface area contributed by atoms with Gasteiger partial charge in [0, 0.05) is 0 Å². The first-order valence-corrected chi connectivity index (χ1v) is 9.13.